The van der Waals surface area contributed by atoms with Crippen molar-refractivity contribution in [1.29, 1.82) is 0 Å². The molecule has 12 heavy (non-hydrogen) atoms. The van der Waals surface area contributed by atoms with Crippen LogP contribution in [0.2, 0.25) is 0 Å². The van der Waals surface area contributed by atoms with Crippen LogP contribution in [0.5, 0.6) is 0 Å². The minimum absolute atomic E-state index is 0.149. The molecule has 0 fully saturated rings. The summed E-state index contributed by atoms with van der Waals surface area (Å²) >= 11 is 0. The summed E-state index contributed by atoms with van der Waals surface area (Å²) in [5, 5.41) is 8.46. The number of hydrogen-bond acceptors (Lipinski definition) is 2. The predicted molar refractivity (Wildman–Crippen MR) is 49.2 cm³/mol. The molecule has 0 spiro atoms. The molecule has 1 unspecified atom stereocenters. The lowest BCUT2D eigenvalue weighted by Crippen LogP contribution is -2.27. The number of rotatable bonds is 6. The van der Waals surface area contributed by atoms with Crippen LogP contribution >= 0.6 is 0 Å². The second-order valence-corrected chi connectivity index (χ2v) is 3.43. The fourth-order valence-corrected chi connectivity index (χ4v) is 0.955. The van der Waals surface area contributed by atoms with Crippen LogP contribution < -0.4 is 0 Å². The van der Waals surface area contributed by atoms with Gasteiger partial charge in [-0.15, -0.1) is 0 Å². The molecule has 72 valence electrons. The van der Waals surface area contributed by atoms with E-state index in [0.29, 0.717) is 5.92 Å². The zero-order chi connectivity index (χ0) is 9.56. The van der Waals surface area contributed by atoms with Crippen molar-refractivity contribution in [3.05, 3.63) is 0 Å². The van der Waals surface area contributed by atoms with Gasteiger partial charge in [-0.3, -0.25) is 9.69 Å². The van der Waals surface area contributed by atoms with E-state index in [1.165, 1.54) is 6.42 Å². The molecule has 1 atom stereocenters. The maximum absolute atomic E-state index is 10.3. The smallest absolute Gasteiger partial charge is 0.317 e. The van der Waals surface area contributed by atoms with Crippen molar-refractivity contribution < 1.29 is 9.90 Å². The Hall–Kier alpha value is -0.570. The van der Waals surface area contributed by atoms with Crippen LogP contribution in [0.15, 0.2) is 0 Å². The average molecular weight is 173 g/mol. The molecule has 0 aliphatic rings. The molecule has 0 aromatic heterocycles. The van der Waals surface area contributed by atoms with Crippen molar-refractivity contribution >= 4 is 5.97 Å². The first-order valence-electron chi connectivity index (χ1n) is 4.46. The van der Waals surface area contributed by atoms with Crippen LogP contribution in [-0.2, 0) is 4.79 Å². The van der Waals surface area contributed by atoms with Crippen molar-refractivity contribution in [3.63, 3.8) is 0 Å². The number of aliphatic carboxylic acids is 1. The number of carbonyl (C=O) groups is 1. The monoisotopic (exact) mass is 173 g/mol. The van der Waals surface area contributed by atoms with Crippen LogP contribution in [0, 0.1) is 5.92 Å². The Labute approximate surface area is 74.4 Å². The standard InChI is InChI=1S/C9H19NO2/c1-4-8(2)5-6-10(3)7-9(11)12/h8H,4-7H2,1-3H3,(H,11,12). The van der Waals surface area contributed by atoms with Crippen LogP contribution in [-0.4, -0.2) is 36.1 Å². The number of hydrogen-bond donors (Lipinski definition) is 1. The molecule has 3 heteroatoms. The molecule has 0 rings (SSSR count). The van der Waals surface area contributed by atoms with Crippen LogP contribution in [0.3, 0.4) is 0 Å². The van der Waals surface area contributed by atoms with Crippen LogP contribution in [0.25, 0.3) is 0 Å². The van der Waals surface area contributed by atoms with Gasteiger partial charge in [0.05, 0.1) is 6.54 Å². The Morgan fingerprint density at radius 2 is 2.17 bits per heavy atom. The summed E-state index contributed by atoms with van der Waals surface area (Å²) < 4.78 is 0. The van der Waals surface area contributed by atoms with Gasteiger partial charge in [0.1, 0.15) is 0 Å². The summed E-state index contributed by atoms with van der Waals surface area (Å²) in [6, 6.07) is 0. The minimum atomic E-state index is -0.748. The summed E-state index contributed by atoms with van der Waals surface area (Å²) in [6.45, 7) is 5.37. The second kappa shape index (κ2) is 6.00. The van der Waals surface area contributed by atoms with Gasteiger partial charge < -0.3 is 5.11 Å². The lowest BCUT2D eigenvalue weighted by molar-refractivity contribution is -0.138. The normalized spacial score (nSPS) is 13.3. The zero-order valence-electron chi connectivity index (χ0n) is 8.21. The van der Waals surface area contributed by atoms with Crippen molar-refractivity contribution in [2.75, 3.05) is 20.1 Å². The lowest BCUT2D eigenvalue weighted by Gasteiger charge is -2.16. The molecule has 0 bridgehead atoms. The highest BCUT2D eigenvalue weighted by molar-refractivity contribution is 5.68. The fourth-order valence-electron chi connectivity index (χ4n) is 0.955. The molecule has 0 saturated carbocycles. The third-order valence-electron chi connectivity index (χ3n) is 2.11. The first-order chi connectivity index (χ1) is 5.56. The van der Waals surface area contributed by atoms with Gasteiger partial charge in [-0.25, -0.2) is 0 Å². The summed E-state index contributed by atoms with van der Waals surface area (Å²) in [7, 11) is 1.84. The Morgan fingerprint density at radius 1 is 1.58 bits per heavy atom. The lowest BCUT2D eigenvalue weighted by atomic mass is 10.1. The summed E-state index contributed by atoms with van der Waals surface area (Å²) in [5.74, 6) is -0.0529. The largest absolute Gasteiger partial charge is 0.480 e. The molecule has 3 nitrogen and oxygen atoms in total. The molecule has 0 saturated heterocycles. The van der Waals surface area contributed by atoms with E-state index in [2.05, 4.69) is 13.8 Å². The zero-order valence-corrected chi connectivity index (χ0v) is 8.21. The molecule has 0 heterocycles. The maximum Gasteiger partial charge on any atom is 0.317 e. The number of carboxylic acids is 1. The molecular formula is C9H19NO2. The van der Waals surface area contributed by atoms with E-state index in [4.69, 9.17) is 5.11 Å². The SMILES string of the molecule is CCC(C)CCN(C)CC(=O)O. The topological polar surface area (TPSA) is 40.5 Å². The Kier molecular flexibility index (Phi) is 5.72. The molecule has 0 aliphatic carbocycles. The van der Waals surface area contributed by atoms with E-state index in [1.807, 2.05) is 11.9 Å². The first-order valence-corrected chi connectivity index (χ1v) is 4.46. The highest BCUT2D eigenvalue weighted by Crippen LogP contribution is 2.06. The highest BCUT2D eigenvalue weighted by atomic mass is 16.4. The highest BCUT2D eigenvalue weighted by Gasteiger charge is 2.05. The maximum atomic E-state index is 10.3. The van der Waals surface area contributed by atoms with E-state index < -0.39 is 5.97 Å². The van der Waals surface area contributed by atoms with Gasteiger partial charge in [-0.1, -0.05) is 20.3 Å². The minimum Gasteiger partial charge on any atom is -0.480 e. The van der Waals surface area contributed by atoms with Crippen molar-refractivity contribution in [2.45, 2.75) is 26.7 Å². The van der Waals surface area contributed by atoms with Crippen molar-refractivity contribution in [1.82, 2.24) is 4.90 Å². The van der Waals surface area contributed by atoms with E-state index in [9.17, 15) is 4.79 Å². The average Bonchev–Trinajstić information content (AvgIpc) is 1.99. The first kappa shape index (κ1) is 11.4. The molecule has 0 aliphatic heterocycles. The van der Waals surface area contributed by atoms with Gasteiger partial charge in [0.2, 0.25) is 0 Å². The third-order valence-corrected chi connectivity index (χ3v) is 2.11. The van der Waals surface area contributed by atoms with E-state index >= 15 is 0 Å². The Morgan fingerprint density at radius 3 is 2.58 bits per heavy atom. The third kappa shape index (κ3) is 6.16. The summed E-state index contributed by atoms with van der Waals surface area (Å²) in [5.41, 5.74) is 0. The van der Waals surface area contributed by atoms with Gasteiger partial charge in [0.15, 0.2) is 0 Å². The molecule has 1 N–H and O–H groups in total. The molecule has 0 amide bonds. The van der Waals surface area contributed by atoms with Crippen molar-refractivity contribution in [3.8, 4) is 0 Å². The van der Waals surface area contributed by atoms with E-state index in [0.717, 1.165) is 13.0 Å². The summed E-state index contributed by atoms with van der Waals surface area (Å²) in [6.07, 6.45) is 2.25. The number of nitrogens with zero attached hydrogens (tertiary/aromatic N) is 1. The number of carboxylic acid groups (broad SMARTS) is 1. The van der Waals surface area contributed by atoms with Crippen LogP contribution in [0.4, 0.5) is 0 Å². The molecular weight excluding hydrogens is 154 g/mol. The van der Waals surface area contributed by atoms with Crippen LogP contribution in [0.1, 0.15) is 26.7 Å². The van der Waals surface area contributed by atoms with Gasteiger partial charge in [-0.2, -0.15) is 0 Å². The van der Waals surface area contributed by atoms with Gasteiger partial charge in [-0.05, 0) is 25.9 Å². The fraction of sp³-hybridized carbons (Fsp3) is 0.889. The van der Waals surface area contributed by atoms with Gasteiger partial charge in [0.25, 0.3) is 0 Å². The predicted octanol–water partition coefficient (Wildman–Crippen LogP) is 1.44. The Bertz CT molecular complexity index is 136. The molecule has 0 radical (unpaired) electrons. The molecule has 0 aromatic carbocycles. The van der Waals surface area contributed by atoms with Gasteiger partial charge >= 0.3 is 5.97 Å². The second-order valence-electron chi connectivity index (χ2n) is 3.43. The van der Waals surface area contributed by atoms with E-state index in [1.54, 1.807) is 0 Å². The van der Waals surface area contributed by atoms with Gasteiger partial charge in [0, 0.05) is 0 Å². The molecule has 0 aromatic rings. The number of likely N-dealkylation sites (N-methyl/N-ethyl adjacent to an activating group) is 1. The Balaban J connectivity index is 3.43. The summed E-state index contributed by atoms with van der Waals surface area (Å²) in [4.78, 5) is 12.1. The van der Waals surface area contributed by atoms with Crippen molar-refractivity contribution in [2.24, 2.45) is 5.92 Å². The quantitative estimate of drug-likeness (QED) is 0.660. The van der Waals surface area contributed by atoms with E-state index in [-0.39, 0.29) is 6.54 Å².